The van der Waals surface area contributed by atoms with E-state index in [2.05, 4.69) is 88.4 Å². The number of benzene rings is 3. The Morgan fingerprint density at radius 3 is 2.47 bits per heavy atom. The molecule has 0 atom stereocenters. The number of nitrogens with zero attached hydrogens (tertiary/aromatic N) is 3. The van der Waals surface area contributed by atoms with Crippen LogP contribution in [0.2, 0.25) is 0 Å². The van der Waals surface area contributed by atoms with Gasteiger partial charge in [0.1, 0.15) is 0 Å². The summed E-state index contributed by atoms with van der Waals surface area (Å²) >= 11 is 3.53. The number of piperazine rings is 1. The largest absolute Gasteiger partial charge is 0.428 e. The van der Waals surface area contributed by atoms with Gasteiger partial charge in [0.05, 0.1) is 11.2 Å². The number of allylic oxidation sites excluding steroid dienone is 2. The third-order valence-corrected chi connectivity index (χ3v) is 7.66. The van der Waals surface area contributed by atoms with Crippen molar-refractivity contribution in [1.82, 2.24) is 14.8 Å². The number of amides is 1. The van der Waals surface area contributed by atoms with E-state index in [1.165, 1.54) is 21.3 Å². The third-order valence-electron chi connectivity index (χ3n) is 7.66. The molecule has 8 nitrogen and oxygen atoms in total. The second kappa shape index (κ2) is 14.8. The highest BCUT2D eigenvalue weighted by Crippen LogP contribution is 2.28. The van der Waals surface area contributed by atoms with Crippen molar-refractivity contribution >= 4 is 35.5 Å². The van der Waals surface area contributed by atoms with Crippen molar-refractivity contribution in [1.29, 1.82) is 0 Å². The molecule has 6 rings (SSSR count). The number of fused-ring (bicyclic) bond motifs is 1. The van der Waals surface area contributed by atoms with Crippen LogP contribution in [0.1, 0.15) is 18.4 Å². The molecule has 0 radical (unpaired) electrons. The summed E-state index contributed by atoms with van der Waals surface area (Å²) in [6.07, 6.45) is 9.29. The van der Waals surface area contributed by atoms with E-state index in [0.29, 0.717) is 17.6 Å². The van der Waals surface area contributed by atoms with Gasteiger partial charge in [-0.3, -0.25) is 4.90 Å². The molecule has 2 heterocycles. The van der Waals surface area contributed by atoms with E-state index >= 15 is 0 Å². The Morgan fingerprint density at radius 2 is 1.70 bits per heavy atom. The summed E-state index contributed by atoms with van der Waals surface area (Å²) < 4.78 is 12.4. The molecule has 4 aromatic rings. The Bertz CT molecular complexity index is 1640. The summed E-state index contributed by atoms with van der Waals surface area (Å²) in [5.74, 6) is -0.546. The molecule has 9 heteroatoms. The number of alkyl carbamates (subject to hydrolysis) is 1. The predicted molar refractivity (Wildman–Crippen MR) is 176 cm³/mol. The maximum Gasteiger partial charge on any atom is 0.422 e. The van der Waals surface area contributed by atoms with Gasteiger partial charge >= 0.3 is 11.8 Å². The summed E-state index contributed by atoms with van der Waals surface area (Å²) in [4.78, 5) is 29.7. The fourth-order valence-electron chi connectivity index (χ4n) is 5.47. The van der Waals surface area contributed by atoms with Gasteiger partial charge in [0, 0.05) is 39.3 Å². The van der Waals surface area contributed by atoms with Crippen LogP contribution in [-0.2, 0) is 18.0 Å². The second-order valence-electron chi connectivity index (χ2n) is 10.4. The number of thiol groups is 1. The number of nitrogens with one attached hydrogen (secondary N) is 1. The van der Waals surface area contributed by atoms with E-state index in [-0.39, 0.29) is 6.73 Å². The van der Waals surface area contributed by atoms with Gasteiger partial charge in [0.2, 0.25) is 0 Å². The Balaban J connectivity index is 0.00000180. The summed E-state index contributed by atoms with van der Waals surface area (Å²) in [5, 5.41) is 2.74. The average molecular weight is 599 g/mol. The molecule has 1 amide bonds. The molecule has 43 heavy (non-hydrogen) atoms. The lowest BCUT2D eigenvalue weighted by Gasteiger charge is -2.36. The van der Waals surface area contributed by atoms with Crippen molar-refractivity contribution in [2.45, 2.75) is 26.1 Å². The normalized spacial score (nSPS) is 15.0. The van der Waals surface area contributed by atoms with Gasteiger partial charge in [-0.25, -0.2) is 14.2 Å². The van der Waals surface area contributed by atoms with Crippen molar-refractivity contribution in [2.24, 2.45) is 0 Å². The highest BCUT2D eigenvalue weighted by Gasteiger charge is 2.22. The number of hydrogen-bond acceptors (Lipinski definition) is 7. The van der Waals surface area contributed by atoms with Crippen LogP contribution in [0.3, 0.4) is 0 Å². The maximum absolute atomic E-state index is 12.7. The van der Waals surface area contributed by atoms with Gasteiger partial charge in [0.15, 0.2) is 12.3 Å². The number of oxazole rings is 1. The van der Waals surface area contributed by atoms with Gasteiger partial charge in [-0.05, 0) is 59.6 Å². The summed E-state index contributed by atoms with van der Waals surface area (Å²) in [6.45, 7) is 4.48. The number of ether oxygens (including phenoxy) is 1. The zero-order valence-corrected chi connectivity index (χ0v) is 25.3. The zero-order chi connectivity index (χ0) is 30.0. The molecule has 1 fully saturated rings. The summed E-state index contributed by atoms with van der Waals surface area (Å²) in [5.41, 5.74) is 6.80. The molecule has 224 valence electrons. The Kier molecular flexibility index (Phi) is 10.4. The standard InChI is InChI=1S/C33H34N4O4.CH4S/c38-32(34-22-25-9-3-1-4-10-25)40-24-37-30-16-8-15-29(31(30)41-33(37)39)36-19-17-35(18-20-36)23-26-11-7-14-28(21-26)27-12-5-2-6-13-27;1-2/h2-3,5-16,21H,1,4,17-20,22-24H2,(H,34,38);2H,1H3. The van der Waals surface area contributed by atoms with Crippen LogP contribution in [0, 0.1) is 0 Å². The topological polar surface area (TPSA) is 79.9 Å². The lowest BCUT2D eigenvalue weighted by Crippen LogP contribution is -2.46. The molecular formula is C34H38N4O4S. The van der Waals surface area contributed by atoms with E-state index in [9.17, 15) is 9.59 Å². The third kappa shape index (κ3) is 7.60. The first-order valence-corrected chi connectivity index (χ1v) is 15.5. The number of anilines is 1. The van der Waals surface area contributed by atoms with Crippen molar-refractivity contribution in [3.63, 3.8) is 0 Å². The van der Waals surface area contributed by atoms with E-state index in [4.69, 9.17) is 9.15 Å². The lowest BCUT2D eigenvalue weighted by molar-refractivity contribution is 0.113. The minimum atomic E-state index is -0.576. The van der Waals surface area contributed by atoms with Crippen molar-refractivity contribution in [2.75, 3.05) is 43.9 Å². The number of rotatable bonds is 8. The first kappa shape index (κ1) is 30.3. The first-order valence-electron chi connectivity index (χ1n) is 14.6. The lowest BCUT2D eigenvalue weighted by atomic mass is 10.0. The Labute approximate surface area is 257 Å². The molecule has 1 saturated heterocycles. The Hall–Kier alpha value is -4.21. The Morgan fingerprint density at radius 1 is 0.930 bits per heavy atom. The molecule has 1 aliphatic carbocycles. The average Bonchev–Trinajstić information content (AvgIpc) is 3.40. The van der Waals surface area contributed by atoms with Gasteiger partial charge in [-0.15, -0.1) is 0 Å². The van der Waals surface area contributed by atoms with Crippen LogP contribution in [0.5, 0.6) is 0 Å². The molecular weight excluding hydrogens is 560 g/mol. The molecule has 0 unspecified atom stereocenters. The smallest absolute Gasteiger partial charge is 0.422 e. The molecule has 1 N–H and O–H groups in total. The number of carbonyl (C=O) groups is 1. The van der Waals surface area contributed by atoms with E-state index in [1.807, 2.05) is 30.3 Å². The highest BCUT2D eigenvalue weighted by molar-refractivity contribution is 7.79. The minimum Gasteiger partial charge on any atom is -0.428 e. The fraction of sp³-hybridized carbons (Fsp3) is 0.294. The van der Waals surface area contributed by atoms with Gasteiger partial charge in [-0.1, -0.05) is 72.8 Å². The van der Waals surface area contributed by atoms with Crippen LogP contribution in [0.4, 0.5) is 10.5 Å². The van der Waals surface area contributed by atoms with Crippen LogP contribution >= 0.6 is 12.6 Å². The molecule has 0 spiro atoms. The second-order valence-corrected chi connectivity index (χ2v) is 10.4. The quantitative estimate of drug-likeness (QED) is 0.239. The SMILES string of the molecule is CS.O=C(NCC1=CCCC=C1)OCn1c(=O)oc2c(N3CCN(Cc4cccc(-c5ccccc5)c4)CC3)cccc21. The van der Waals surface area contributed by atoms with Crippen molar-refractivity contribution in [3.8, 4) is 11.1 Å². The molecule has 0 bridgehead atoms. The molecule has 1 aromatic heterocycles. The van der Waals surface area contributed by atoms with Crippen LogP contribution in [0.25, 0.3) is 22.2 Å². The number of aromatic nitrogens is 1. The number of carbonyl (C=O) groups excluding carboxylic acids is 1. The highest BCUT2D eigenvalue weighted by atomic mass is 32.1. The number of para-hydroxylation sites is 1. The van der Waals surface area contributed by atoms with Crippen LogP contribution < -0.4 is 16.0 Å². The van der Waals surface area contributed by atoms with Gasteiger partial charge in [-0.2, -0.15) is 12.6 Å². The number of hydrogen-bond donors (Lipinski definition) is 2. The first-order chi connectivity index (χ1) is 21.1. The monoisotopic (exact) mass is 598 g/mol. The van der Waals surface area contributed by atoms with Gasteiger partial charge < -0.3 is 19.4 Å². The van der Waals surface area contributed by atoms with Crippen molar-refractivity contribution < 1.29 is 13.9 Å². The van der Waals surface area contributed by atoms with Gasteiger partial charge in [0.25, 0.3) is 0 Å². The fourth-order valence-corrected chi connectivity index (χ4v) is 5.47. The van der Waals surface area contributed by atoms with E-state index in [0.717, 1.165) is 56.8 Å². The van der Waals surface area contributed by atoms with Crippen LogP contribution in [0.15, 0.2) is 106 Å². The predicted octanol–water partition coefficient (Wildman–Crippen LogP) is 6.09. The summed E-state index contributed by atoms with van der Waals surface area (Å²) in [7, 11) is 0. The summed E-state index contributed by atoms with van der Waals surface area (Å²) in [6, 6.07) is 24.9. The van der Waals surface area contributed by atoms with E-state index < -0.39 is 11.8 Å². The van der Waals surface area contributed by atoms with Crippen LogP contribution in [-0.4, -0.2) is 54.5 Å². The molecule has 3 aromatic carbocycles. The van der Waals surface area contributed by atoms with E-state index in [1.54, 1.807) is 6.26 Å². The van der Waals surface area contributed by atoms with Crippen molar-refractivity contribution in [3.05, 3.63) is 113 Å². The minimum absolute atomic E-state index is 0.216. The maximum atomic E-state index is 12.7. The molecule has 0 saturated carbocycles. The molecule has 1 aliphatic heterocycles. The molecule has 2 aliphatic rings. The zero-order valence-electron chi connectivity index (χ0n) is 24.4.